The summed E-state index contributed by atoms with van der Waals surface area (Å²) in [4.78, 5) is 11.1. The molecule has 0 radical (unpaired) electrons. The maximum absolute atomic E-state index is 6.11. The molecule has 23 heavy (non-hydrogen) atoms. The zero-order valence-electron chi connectivity index (χ0n) is 13.8. The lowest BCUT2D eigenvalue weighted by molar-refractivity contribution is 0.270. The number of nitrogens with two attached hydrogens (primary N) is 1. The largest absolute Gasteiger partial charge is 0.444 e. The Morgan fingerprint density at radius 3 is 2.91 bits per heavy atom. The minimum absolute atomic E-state index is 0.450. The van der Waals surface area contributed by atoms with Crippen LogP contribution in [0.2, 0.25) is 0 Å². The fourth-order valence-corrected chi connectivity index (χ4v) is 2.87. The van der Waals surface area contributed by atoms with E-state index in [-0.39, 0.29) is 0 Å². The van der Waals surface area contributed by atoms with E-state index in [1.165, 1.54) is 18.4 Å². The van der Waals surface area contributed by atoms with Gasteiger partial charge < -0.3 is 15.1 Å². The molecular weight excluding hydrogens is 288 g/mol. The summed E-state index contributed by atoms with van der Waals surface area (Å²) in [5.74, 6) is 1.91. The van der Waals surface area contributed by atoms with E-state index in [0.717, 1.165) is 24.3 Å². The topological polar surface area (TPSA) is 67.7 Å². The maximum Gasteiger partial charge on any atom is 0.226 e. The Kier molecular flexibility index (Phi) is 4.65. The average molecular weight is 312 g/mol. The van der Waals surface area contributed by atoms with Crippen LogP contribution >= 0.6 is 0 Å². The van der Waals surface area contributed by atoms with Crippen LogP contribution in [0.25, 0.3) is 11.5 Å². The predicted molar refractivity (Wildman–Crippen MR) is 92.0 cm³/mol. The number of likely N-dealkylation sites (tertiary alicyclic amines) is 1. The molecule has 5 nitrogen and oxygen atoms in total. The molecule has 0 amide bonds. The van der Waals surface area contributed by atoms with Crippen LogP contribution in [0.15, 0.2) is 39.9 Å². The van der Waals surface area contributed by atoms with E-state index in [1.54, 1.807) is 6.26 Å². The van der Waals surface area contributed by atoms with Crippen LogP contribution in [-0.2, 0) is 6.54 Å². The highest BCUT2D eigenvalue weighted by molar-refractivity contribution is 5.78. The van der Waals surface area contributed by atoms with Gasteiger partial charge in [-0.05, 0) is 37.8 Å². The summed E-state index contributed by atoms with van der Waals surface area (Å²) >= 11 is 0. The van der Waals surface area contributed by atoms with Crippen LogP contribution in [0, 0.1) is 12.8 Å². The summed E-state index contributed by atoms with van der Waals surface area (Å²) in [6.45, 7) is 6.75. The summed E-state index contributed by atoms with van der Waals surface area (Å²) in [6.07, 6.45) is 4.11. The molecule has 1 aliphatic rings. The van der Waals surface area contributed by atoms with Crippen molar-refractivity contribution < 1.29 is 4.42 Å². The normalized spacial score (nSPS) is 19.1. The van der Waals surface area contributed by atoms with E-state index in [1.807, 2.05) is 24.3 Å². The van der Waals surface area contributed by atoms with Crippen molar-refractivity contribution in [3.8, 4) is 11.5 Å². The Labute approximate surface area is 137 Å². The van der Waals surface area contributed by atoms with Crippen LogP contribution in [-0.4, -0.2) is 28.9 Å². The molecule has 1 aliphatic heterocycles. The molecule has 1 fully saturated rings. The summed E-state index contributed by atoms with van der Waals surface area (Å²) in [5, 5.41) is 0. The number of nitrogens with zero attached hydrogens (tertiary/aromatic N) is 3. The Morgan fingerprint density at radius 2 is 2.17 bits per heavy atom. The molecule has 122 valence electrons. The van der Waals surface area contributed by atoms with Gasteiger partial charge in [0, 0.05) is 18.7 Å². The van der Waals surface area contributed by atoms with Gasteiger partial charge >= 0.3 is 0 Å². The molecule has 3 rings (SSSR count). The Bertz CT molecular complexity index is 675. The minimum Gasteiger partial charge on any atom is -0.444 e. The molecule has 0 bridgehead atoms. The van der Waals surface area contributed by atoms with Gasteiger partial charge in [0.1, 0.15) is 12.0 Å². The van der Waals surface area contributed by atoms with E-state index < -0.39 is 0 Å². The molecule has 0 saturated carbocycles. The molecule has 1 unspecified atom stereocenters. The first-order valence-electron chi connectivity index (χ1n) is 8.18. The summed E-state index contributed by atoms with van der Waals surface area (Å²) in [5.41, 5.74) is 9.10. The van der Waals surface area contributed by atoms with Crippen LogP contribution < -0.4 is 5.73 Å². The van der Waals surface area contributed by atoms with E-state index in [9.17, 15) is 0 Å². The van der Waals surface area contributed by atoms with Crippen molar-refractivity contribution in [3.63, 3.8) is 0 Å². The Morgan fingerprint density at radius 1 is 1.39 bits per heavy atom. The van der Waals surface area contributed by atoms with Gasteiger partial charge in [0.15, 0.2) is 5.96 Å². The lowest BCUT2D eigenvalue weighted by Crippen LogP contribution is -2.43. The quantitative estimate of drug-likeness (QED) is 0.698. The van der Waals surface area contributed by atoms with E-state index in [4.69, 9.17) is 10.2 Å². The minimum atomic E-state index is 0.450. The number of aromatic nitrogens is 1. The fraction of sp³-hybridized carbons (Fsp3) is 0.444. The predicted octanol–water partition coefficient (Wildman–Crippen LogP) is 3.20. The van der Waals surface area contributed by atoms with Gasteiger partial charge in [0.25, 0.3) is 0 Å². The van der Waals surface area contributed by atoms with E-state index in [2.05, 4.69) is 28.7 Å². The van der Waals surface area contributed by atoms with Crippen molar-refractivity contribution in [1.29, 1.82) is 0 Å². The zero-order chi connectivity index (χ0) is 16.2. The molecular formula is C18H24N4O. The van der Waals surface area contributed by atoms with E-state index in [0.29, 0.717) is 24.3 Å². The molecule has 0 aliphatic carbocycles. The average Bonchev–Trinajstić information content (AvgIpc) is 3.02. The summed E-state index contributed by atoms with van der Waals surface area (Å²) < 4.78 is 5.55. The third-order valence-electron chi connectivity index (χ3n) is 4.23. The molecule has 5 heteroatoms. The van der Waals surface area contributed by atoms with Crippen molar-refractivity contribution in [2.75, 3.05) is 13.1 Å². The van der Waals surface area contributed by atoms with Gasteiger partial charge in [-0.3, -0.25) is 0 Å². The number of rotatable bonds is 3. The van der Waals surface area contributed by atoms with Crippen molar-refractivity contribution in [2.45, 2.75) is 33.2 Å². The molecule has 2 N–H and O–H groups in total. The number of benzene rings is 1. The fourth-order valence-electron chi connectivity index (χ4n) is 2.87. The van der Waals surface area contributed by atoms with Gasteiger partial charge in [-0.1, -0.05) is 24.6 Å². The van der Waals surface area contributed by atoms with Gasteiger partial charge in [-0.25, -0.2) is 9.98 Å². The standard InChI is InChI=1S/C18H24N4O/c1-13-5-7-15(8-6-13)17-21-16(12-23-17)10-20-18(19)22-9-3-4-14(2)11-22/h5-8,12,14H,3-4,9-11H2,1-2H3,(H2,19,20). The Hall–Kier alpha value is -2.30. The van der Waals surface area contributed by atoms with Crippen LogP contribution in [0.5, 0.6) is 0 Å². The van der Waals surface area contributed by atoms with Gasteiger partial charge in [0.2, 0.25) is 5.89 Å². The highest BCUT2D eigenvalue weighted by atomic mass is 16.3. The van der Waals surface area contributed by atoms with Crippen LogP contribution in [0.4, 0.5) is 0 Å². The second-order valence-electron chi connectivity index (χ2n) is 6.38. The highest BCUT2D eigenvalue weighted by Gasteiger charge is 2.17. The number of piperidine rings is 1. The van der Waals surface area contributed by atoms with Crippen molar-refractivity contribution in [1.82, 2.24) is 9.88 Å². The molecule has 0 spiro atoms. The second-order valence-corrected chi connectivity index (χ2v) is 6.38. The van der Waals surface area contributed by atoms with Crippen LogP contribution in [0.3, 0.4) is 0 Å². The second kappa shape index (κ2) is 6.86. The van der Waals surface area contributed by atoms with Crippen LogP contribution in [0.1, 0.15) is 31.0 Å². The van der Waals surface area contributed by atoms with Gasteiger partial charge in [-0.2, -0.15) is 0 Å². The number of hydrogen-bond acceptors (Lipinski definition) is 3. The number of guanidine groups is 1. The van der Waals surface area contributed by atoms with Crippen molar-refractivity contribution in [2.24, 2.45) is 16.6 Å². The monoisotopic (exact) mass is 312 g/mol. The number of aliphatic imine (C=N–C) groups is 1. The van der Waals surface area contributed by atoms with Gasteiger partial charge in [-0.15, -0.1) is 0 Å². The number of hydrogen-bond donors (Lipinski definition) is 1. The Balaban J connectivity index is 1.64. The maximum atomic E-state index is 6.11. The van der Waals surface area contributed by atoms with E-state index >= 15 is 0 Å². The number of oxazole rings is 1. The van der Waals surface area contributed by atoms with Gasteiger partial charge in [0.05, 0.1) is 6.54 Å². The zero-order valence-corrected chi connectivity index (χ0v) is 13.8. The smallest absolute Gasteiger partial charge is 0.226 e. The van der Waals surface area contributed by atoms with Crippen molar-refractivity contribution in [3.05, 3.63) is 41.8 Å². The third-order valence-corrected chi connectivity index (χ3v) is 4.23. The summed E-state index contributed by atoms with van der Waals surface area (Å²) in [7, 11) is 0. The number of aryl methyl sites for hydroxylation is 1. The first-order valence-corrected chi connectivity index (χ1v) is 8.18. The molecule has 1 atom stereocenters. The summed E-state index contributed by atoms with van der Waals surface area (Å²) in [6, 6.07) is 8.12. The van der Waals surface area contributed by atoms with Crippen molar-refractivity contribution >= 4 is 5.96 Å². The molecule has 2 aromatic rings. The lowest BCUT2D eigenvalue weighted by Gasteiger charge is -2.31. The SMILES string of the molecule is Cc1ccc(-c2nc(CN=C(N)N3CCCC(C)C3)co2)cc1. The lowest BCUT2D eigenvalue weighted by atomic mass is 10.0. The first kappa shape index (κ1) is 15.6. The molecule has 2 heterocycles. The third kappa shape index (κ3) is 3.92. The molecule has 1 aromatic carbocycles. The molecule has 1 aromatic heterocycles. The highest BCUT2D eigenvalue weighted by Crippen LogP contribution is 2.19. The molecule has 1 saturated heterocycles. The first-order chi connectivity index (χ1) is 11.1.